The average molecular weight is 552 g/mol. The molecule has 1 amide bonds. The van der Waals surface area contributed by atoms with Crippen molar-refractivity contribution in [3.63, 3.8) is 0 Å². The summed E-state index contributed by atoms with van der Waals surface area (Å²) in [5.74, 6) is 1.22. The van der Waals surface area contributed by atoms with Crippen molar-refractivity contribution in [2.24, 2.45) is 10.7 Å². The first-order valence-corrected chi connectivity index (χ1v) is 14.3. The van der Waals surface area contributed by atoms with Gasteiger partial charge in [-0.25, -0.2) is 14.7 Å². The minimum absolute atomic E-state index is 0.0182. The van der Waals surface area contributed by atoms with Crippen LogP contribution in [-0.2, 0) is 11.3 Å². The van der Waals surface area contributed by atoms with Crippen LogP contribution in [0.4, 0.5) is 5.69 Å². The fourth-order valence-corrected chi connectivity index (χ4v) is 5.32. The highest BCUT2D eigenvalue weighted by Gasteiger charge is 2.21. The number of benzene rings is 2. The maximum atomic E-state index is 13.3. The molecule has 0 radical (unpaired) electrons. The van der Waals surface area contributed by atoms with Gasteiger partial charge in [-0.05, 0) is 62.1 Å². The highest BCUT2D eigenvalue weighted by atomic mass is 16.2. The predicted molar refractivity (Wildman–Crippen MR) is 164 cm³/mol. The Bertz CT molecular complexity index is 1700. The van der Waals surface area contributed by atoms with Crippen LogP contribution >= 0.6 is 0 Å². The van der Waals surface area contributed by atoms with Gasteiger partial charge in [-0.1, -0.05) is 32.0 Å². The highest BCUT2D eigenvalue weighted by Crippen LogP contribution is 2.33. The molecule has 0 bridgehead atoms. The van der Waals surface area contributed by atoms with Crippen LogP contribution in [0.3, 0.4) is 0 Å². The third-order valence-electron chi connectivity index (χ3n) is 7.33. The monoisotopic (exact) mass is 551 g/mol. The Hall–Kier alpha value is -4.53. The summed E-state index contributed by atoms with van der Waals surface area (Å²) >= 11 is 0. The number of hydrogen-bond acceptors (Lipinski definition) is 6. The zero-order chi connectivity index (χ0) is 29.1. The van der Waals surface area contributed by atoms with E-state index in [1.807, 2.05) is 58.1 Å². The zero-order valence-corrected chi connectivity index (χ0v) is 24.2. The first kappa shape index (κ1) is 28.0. The third kappa shape index (κ3) is 5.84. The summed E-state index contributed by atoms with van der Waals surface area (Å²) in [7, 11) is 0. The molecule has 41 heavy (non-hydrogen) atoms. The number of amides is 1. The molecule has 0 saturated carbocycles. The molecule has 0 unspecified atom stereocenters. The number of rotatable bonds is 9. The summed E-state index contributed by atoms with van der Waals surface area (Å²) in [6, 6.07) is 11.9. The van der Waals surface area contributed by atoms with E-state index in [1.54, 1.807) is 12.4 Å². The highest BCUT2D eigenvalue weighted by molar-refractivity contribution is 6.05. The van der Waals surface area contributed by atoms with Crippen LogP contribution in [0.5, 0.6) is 0 Å². The van der Waals surface area contributed by atoms with Crippen LogP contribution in [0.25, 0.3) is 28.0 Å². The summed E-state index contributed by atoms with van der Waals surface area (Å²) < 4.78 is 3.49. The van der Waals surface area contributed by atoms with E-state index in [4.69, 9.17) is 5.73 Å². The van der Waals surface area contributed by atoms with Crippen molar-refractivity contribution >= 4 is 34.3 Å². The molecule has 9 heteroatoms. The van der Waals surface area contributed by atoms with Gasteiger partial charge in [0.15, 0.2) is 0 Å². The van der Waals surface area contributed by atoms with Crippen LogP contribution < -0.4 is 11.3 Å². The first-order valence-electron chi connectivity index (χ1n) is 14.3. The van der Waals surface area contributed by atoms with E-state index >= 15 is 0 Å². The van der Waals surface area contributed by atoms with Gasteiger partial charge in [0, 0.05) is 54.5 Å². The second-order valence-corrected chi connectivity index (χ2v) is 10.8. The fourth-order valence-electron chi connectivity index (χ4n) is 5.32. The van der Waals surface area contributed by atoms with Crippen LogP contribution in [0.1, 0.15) is 64.4 Å². The normalized spacial score (nSPS) is 13.1. The Labute approximate surface area is 240 Å². The second-order valence-electron chi connectivity index (χ2n) is 10.8. The Morgan fingerprint density at radius 1 is 1.07 bits per heavy atom. The number of fused-ring (bicyclic) bond motifs is 2. The lowest BCUT2D eigenvalue weighted by Crippen LogP contribution is -2.34. The van der Waals surface area contributed by atoms with Crippen LogP contribution in [-0.4, -0.2) is 49.1 Å². The van der Waals surface area contributed by atoms with E-state index in [9.17, 15) is 9.59 Å². The largest absolute Gasteiger partial charge is 0.387 e. The van der Waals surface area contributed by atoms with Crippen molar-refractivity contribution in [3.05, 3.63) is 82.3 Å². The van der Waals surface area contributed by atoms with Crippen LogP contribution in [0.2, 0.25) is 0 Å². The predicted octanol–water partition coefficient (Wildman–Crippen LogP) is 5.31. The van der Waals surface area contributed by atoms with Crippen LogP contribution in [0, 0.1) is 0 Å². The number of aliphatic imine (C=N–C) groups is 1. The van der Waals surface area contributed by atoms with Gasteiger partial charge in [-0.3, -0.25) is 9.59 Å². The van der Waals surface area contributed by atoms with Crippen molar-refractivity contribution in [2.75, 3.05) is 13.1 Å². The third-order valence-corrected chi connectivity index (χ3v) is 7.33. The lowest BCUT2D eigenvalue weighted by Gasteiger charge is -2.22. The van der Waals surface area contributed by atoms with Gasteiger partial charge in [0.05, 0.1) is 17.3 Å². The molecule has 212 valence electrons. The maximum Gasteiger partial charge on any atom is 0.275 e. The summed E-state index contributed by atoms with van der Waals surface area (Å²) in [4.78, 5) is 37.5. The molecule has 0 fully saturated rings. The fraction of sp³-hybridized carbons (Fsp3) is 0.344. The number of aromatic nitrogens is 4. The molecule has 9 nitrogen and oxygen atoms in total. The molecule has 0 spiro atoms. The van der Waals surface area contributed by atoms with Gasteiger partial charge < -0.3 is 15.2 Å². The van der Waals surface area contributed by atoms with E-state index < -0.39 is 0 Å². The molecule has 1 aliphatic rings. The van der Waals surface area contributed by atoms with Crippen LogP contribution in [0.15, 0.2) is 70.3 Å². The lowest BCUT2D eigenvalue weighted by atomic mass is 9.99. The van der Waals surface area contributed by atoms with Crippen molar-refractivity contribution in [1.29, 1.82) is 0 Å². The standard InChI is InChI=1S/C32H37N7O2/c1-5-12-37(13-6-2)31(40)25-16-24-8-7-23(17-28(24)36-29(33)18-25)22-9-10-27-26(15-22)19-35-39(32(27)41)20-30-34-11-14-38(30)21(3)4/h7-11,14-17,19,21H,5-6,12-13,18,20H2,1-4H3,(H2,33,36). The molecule has 2 aromatic carbocycles. The quantitative estimate of drug-likeness (QED) is 0.303. The zero-order valence-electron chi connectivity index (χ0n) is 24.2. The van der Waals surface area contributed by atoms with Crippen molar-refractivity contribution in [3.8, 4) is 11.1 Å². The van der Waals surface area contributed by atoms with E-state index in [1.165, 1.54) is 4.68 Å². The van der Waals surface area contributed by atoms with E-state index in [0.717, 1.165) is 59.5 Å². The summed E-state index contributed by atoms with van der Waals surface area (Å²) in [6.07, 6.45) is 9.43. The number of carbonyl (C=O) groups is 1. The number of carbonyl (C=O) groups excluding carboxylic acids is 1. The van der Waals surface area contributed by atoms with Gasteiger partial charge in [-0.15, -0.1) is 0 Å². The van der Waals surface area contributed by atoms with Crippen molar-refractivity contribution < 1.29 is 4.79 Å². The van der Waals surface area contributed by atoms with Gasteiger partial charge in [0.25, 0.3) is 5.56 Å². The molecule has 4 aromatic rings. The smallest absolute Gasteiger partial charge is 0.275 e. The topological polar surface area (TPSA) is 111 Å². The number of amidine groups is 1. The Kier molecular flexibility index (Phi) is 8.14. The molecule has 5 rings (SSSR count). The summed E-state index contributed by atoms with van der Waals surface area (Å²) in [5, 5.41) is 5.80. The second kappa shape index (κ2) is 11.9. The molecule has 2 aromatic heterocycles. The van der Waals surface area contributed by atoms with Gasteiger partial charge in [0.1, 0.15) is 18.2 Å². The lowest BCUT2D eigenvalue weighted by molar-refractivity contribution is -0.127. The Morgan fingerprint density at radius 3 is 2.54 bits per heavy atom. The number of imidazole rings is 1. The molecule has 3 heterocycles. The van der Waals surface area contributed by atoms with Gasteiger partial charge in [-0.2, -0.15) is 5.10 Å². The maximum absolute atomic E-state index is 13.3. The number of nitrogens with two attached hydrogens (primary N) is 1. The van der Waals surface area contributed by atoms with Gasteiger partial charge in [0.2, 0.25) is 5.91 Å². The SMILES string of the molecule is CCCN(CCC)C(=O)C1=Cc2ccc(-c3ccc4c(=O)n(Cc5nccn5C(C)C)ncc4c3)cc2N=C(N)C1. The van der Waals surface area contributed by atoms with E-state index in [0.29, 0.717) is 29.8 Å². The molecule has 0 saturated heterocycles. The Morgan fingerprint density at radius 2 is 1.80 bits per heavy atom. The molecule has 1 aliphatic heterocycles. The molecule has 2 N–H and O–H groups in total. The average Bonchev–Trinajstić information content (AvgIpc) is 3.35. The Balaban J connectivity index is 1.45. The van der Waals surface area contributed by atoms with E-state index in [2.05, 4.69) is 42.8 Å². The molecular formula is C32H37N7O2. The molecule has 0 atom stereocenters. The van der Waals surface area contributed by atoms with Gasteiger partial charge >= 0.3 is 0 Å². The minimum atomic E-state index is -0.158. The van der Waals surface area contributed by atoms with Crippen molar-refractivity contribution in [2.45, 2.75) is 59.5 Å². The summed E-state index contributed by atoms with van der Waals surface area (Å²) in [5.41, 5.74) is 10.2. The van der Waals surface area contributed by atoms with E-state index in [-0.39, 0.29) is 17.5 Å². The van der Waals surface area contributed by atoms with Crippen molar-refractivity contribution in [1.82, 2.24) is 24.2 Å². The molecular weight excluding hydrogens is 514 g/mol. The number of nitrogens with zero attached hydrogens (tertiary/aromatic N) is 6. The number of hydrogen-bond donors (Lipinski definition) is 1. The first-order chi connectivity index (χ1) is 19.8. The summed E-state index contributed by atoms with van der Waals surface area (Å²) in [6.45, 7) is 10.1. The molecule has 0 aliphatic carbocycles. The minimum Gasteiger partial charge on any atom is -0.387 e.